The van der Waals surface area contributed by atoms with Gasteiger partial charge in [0.15, 0.2) is 4.77 Å². The molecule has 0 amide bonds. The standard InChI is InChI=1S/C15H12BrClN2S/c1-2-9-7-10(16)3-6-13(9)19-14-8-11(17)4-5-12(14)18-15(19)20/h3-8H,2H2,1H3,(H,18,20). The van der Waals surface area contributed by atoms with Crippen LogP contribution < -0.4 is 0 Å². The molecule has 0 atom stereocenters. The molecule has 1 heterocycles. The van der Waals surface area contributed by atoms with Crippen molar-refractivity contribution in [2.75, 3.05) is 0 Å². The number of imidazole rings is 1. The Morgan fingerprint density at radius 1 is 1.25 bits per heavy atom. The molecule has 102 valence electrons. The van der Waals surface area contributed by atoms with E-state index in [0.29, 0.717) is 9.79 Å². The van der Waals surface area contributed by atoms with Crippen LogP contribution in [-0.4, -0.2) is 9.55 Å². The molecule has 0 unspecified atom stereocenters. The van der Waals surface area contributed by atoms with Crippen molar-refractivity contribution < 1.29 is 0 Å². The summed E-state index contributed by atoms with van der Waals surface area (Å²) < 4.78 is 3.80. The van der Waals surface area contributed by atoms with Gasteiger partial charge in [-0.2, -0.15) is 0 Å². The van der Waals surface area contributed by atoms with Crippen molar-refractivity contribution >= 4 is 50.8 Å². The van der Waals surface area contributed by atoms with Crippen LogP contribution in [0.1, 0.15) is 12.5 Å². The first-order valence-electron chi connectivity index (χ1n) is 6.29. The van der Waals surface area contributed by atoms with Crippen LogP contribution in [0.25, 0.3) is 16.7 Å². The predicted molar refractivity (Wildman–Crippen MR) is 90.5 cm³/mol. The zero-order chi connectivity index (χ0) is 14.3. The van der Waals surface area contributed by atoms with Crippen LogP contribution in [0, 0.1) is 4.77 Å². The minimum absolute atomic E-state index is 0.680. The highest BCUT2D eigenvalue weighted by molar-refractivity contribution is 9.10. The molecule has 2 aromatic carbocycles. The van der Waals surface area contributed by atoms with Gasteiger partial charge in [0.2, 0.25) is 0 Å². The molecule has 0 saturated carbocycles. The van der Waals surface area contributed by atoms with E-state index in [1.54, 1.807) is 0 Å². The van der Waals surface area contributed by atoms with E-state index in [0.717, 1.165) is 27.6 Å². The topological polar surface area (TPSA) is 20.7 Å². The fourth-order valence-corrected chi connectivity index (χ4v) is 3.25. The van der Waals surface area contributed by atoms with Crippen LogP contribution in [0.15, 0.2) is 40.9 Å². The summed E-state index contributed by atoms with van der Waals surface area (Å²) in [6.45, 7) is 2.14. The number of rotatable bonds is 2. The highest BCUT2D eigenvalue weighted by atomic mass is 79.9. The van der Waals surface area contributed by atoms with Crippen LogP contribution in [0.3, 0.4) is 0 Å². The molecular formula is C15H12BrClN2S. The van der Waals surface area contributed by atoms with Crippen molar-refractivity contribution in [1.82, 2.24) is 9.55 Å². The van der Waals surface area contributed by atoms with E-state index in [2.05, 4.69) is 40.0 Å². The number of nitrogens with one attached hydrogen (secondary N) is 1. The molecule has 0 aliphatic heterocycles. The number of hydrogen-bond acceptors (Lipinski definition) is 1. The van der Waals surface area contributed by atoms with Gasteiger partial charge < -0.3 is 4.98 Å². The molecule has 0 radical (unpaired) electrons. The summed E-state index contributed by atoms with van der Waals surface area (Å²) in [4.78, 5) is 3.23. The lowest BCUT2D eigenvalue weighted by molar-refractivity contribution is 1.01. The van der Waals surface area contributed by atoms with Crippen molar-refractivity contribution in [1.29, 1.82) is 0 Å². The zero-order valence-electron chi connectivity index (χ0n) is 10.8. The number of fused-ring (bicyclic) bond motifs is 1. The minimum atomic E-state index is 0.680. The molecule has 0 spiro atoms. The molecule has 2 nitrogen and oxygen atoms in total. The molecule has 3 rings (SSSR count). The second-order valence-electron chi connectivity index (χ2n) is 4.55. The number of nitrogens with zero attached hydrogens (tertiary/aromatic N) is 1. The molecule has 1 aromatic heterocycles. The highest BCUT2D eigenvalue weighted by Gasteiger charge is 2.10. The third-order valence-corrected chi connectivity index (χ3v) is 4.32. The monoisotopic (exact) mass is 366 g/mol. The summed E-state index contributed by atoms with van der Waals surface area (Å²) in [6, 6.07) is 12.0. The maximum absolute atomic E-state index is 6.12. The number of benzene rings is 2. The van der Waals surface area contributed by atoms with Crippen molar-refractivity contribution in [3.05, 3.63) is 56.2 Å². The Bertz CT molecular complexity index is 851. The van der Waals surface area contributed by atoms with Gasteiger partial charge in [0.1, 0.15) is 0 Å². The van der Waals surface area contributed by atoms with Gasteiger partial charge in [-0.15, -0.1) is 0 Å². The lowest BCUT2D eigenvalue weighted by Gasteiger charge is -2.11. The Kier molecular flexibility index (Phi) is 3.71. The normalized spacial score (nSPS) is 11.2. The molecule has 0 saturated heterocycles. The van der Waals surface area contributed by atoms with Gasteiger partial charge in [0, 0.05) is 9.50 Å². The maximum atomic E-state index is 6.12. The summed E-state index contributed by atoms with van der Waals surface area (Å²) in [6.07, 6.45) is 0.934. The van der Waals surface area contributed by atoms with Gasteiger partial charge in [-0.1, -0.05) is 34.5 Å². The van der Waals surface area contributed by atoms with Crippen LogP contribution in [-0.2, 0) is 6.42 Å². The third kappa shape index (κ3) is 2.32. The molecule has 20 heavy (non-hydrogen) atoms. The second kappa shape index (κ2) is 5.35. The Morgan fingerprint density at radius 3 is 2.80 bits per heavy atom. The zero-order valence-corrected chi connectivity index (χ0v) is 13.9. The van der Waals surface area contributed by atoms with E-state index in [4.69, 9.17) is 23.8 Å². The van der Waals surface area contributed by atoms with Gasteiger partial charge in [-0.05, 0) is 60.6 Å². The molecule has 3 aromatic rings. The quantitative estimate of drug-likeness (QED) is 0.579. The molecule has 0 fully saturated rings. The summed E-state index contributed by atoms with van der Waals surface area (Å²) in [7, 11) is 0. The van der Waals surface area contributed by atoms with Crippen LogP contribution in [0.4, 0.5) is 0 Å². The Balaban J connectivity index is 2.37. The number of halogens is 2. The van der Waals surface area contributed by atoms with E-state index in [-0.39, 0.29) is 0 Å². The first-order chi connectivity index (χ1) is 9.60. The van der Waals surface area contributed by atoms with Crippen molar-refractivity contribution in [3.63, 3.8) is 0 Å². The fourth-order valence-electron chi connectivity index (χ4n) is 2.37. The maximum Gasteiger partial charge on any atom is 0.182 e. The largest absolute Gasteiger partial charge is 0.330 e. The molecule has 0 aliphatic carbocycles. The van der Waals surface area contributed by atoms with E-state index in [9.17, 15) is 0 Å². The highest BCUT2D eigenvalue weighted by Crippen LogP contribution is 2.27. The minimum Gasteiger partial charge on any atom is -0.330 e. The summed E-state index contributed by atoms with van der Waals surface area (Å²) in [5.41, 5.74) is 4.31. The number of hydrogen-bond donors (Lipinski definition) is 1. The second-order valence-corrected chi connectivity index (χ2v) is 6.29. The lowest BCUT2D eigenvalue weighted by atomic mass is 10.1. The first-order valence-corrected chi connectivity index (χ1v) is 7.87. The number of H-pyrrole nitrogens is 1. The van der Waals surface area contributed by atoms with Crippen LogP contribution >= 0.6 is 39.7 Å². The Labute approximate surface area is 135 Å². The van der Waals surface area contributed by atoms with Gasteiger partial charge >= 0.3 is 0 Å². The number of aryl methyl sites for hydroxylation is 1. The molecular weight excluding hydrogens is 356 g/mol. The smallest absolute Gasteiger partial charge is 0.182 e. The van der Waals surface area contributed by atoms with Gasteiger partial charge in [0.25, 0.3) is 0 Å². The van der Waals surface area contributed by atoms with Crippen molar-refractivity contribution in [3.8, 4) is 5.69 Å². The SMILES string of the molecule is CCc1cc(Br)ccc1-n1c(=S)[nH]c2ccc(Cl)cc21. The van der Waals surface area contributed by atoms with Crippen LogP contribution in [0.5, 0.6) is 0 Å². The van der Waals surface area contributed by atoms with Crippen molar-refractivity contribution in [2.45, 2.75) is 13.3 Å². The summed E-state index contributed by atoms with van der Waals surface area (Å²) in [5.74, 6) is 0. The fraction of sp³-hybridized carbons (Fsp3) is 0.133. The van der Waals surface area contributed by atoms with E-state index >= 15 is 0 Å². The Hall–Kier alpha value is -1.10. The number of aromatic nitrogens is 2. The van der Waals surface area contributed by atoms with Gasteiger partial charge in [-0.25, -0.2) is 0 Å². The summed E-state index contributed by atoms with van der Waals surface area (Å²) in [5, 5.41) is 0.704. The van der Waals surface area contributed by atoms with Crippen LogP contribution in [0.2, 0.25) is 5.02 Å². The molecule has 5 heteroatoms. The van der Waals surface area contributed by atoms with E-state index in [1.807, 2.05) is 28.8 Å². The average Bonchev–Trinajstić information content (AvgIpc) is 2.74. The molecule has 1 N–H and O–H groups in total. The Morgan fingerprint density at radius 2 is 2.05 bits per heavy atom. The van der Waals surface area contributed by atoms with E-state index < -0.39 is 0 Å². The predicted octanol–water partition coefficient (Wildman–Crippen LogP) is 5.67. The van der Waals surface area contributed by atoms with Gasteiger partial charge in [-0.3, -0.25) is 4.57 Å². The van der Waals surface area contributed by atoms with E-state index in [1.165, 1.54) is 5.56 Å². The first kappa shape index (κ1) is 13.9. The van der Waals surface area contributed by atoms with Crippen molar-refractivity contribution in [2.24, 2.45) is 0 Å². The third-order valence-electron chi connectivity index (χ3n) is 3.31. The average molecular weight is 368 g/mol. The molecule has 0 bridgehead atoms. The number of aromatic amines is 1. The summed E-state index contributed by atoms with van der Waals surface area (Å²) >= 11 is 15.1. The lowest BCUT2D eigenvalue weighted by Crippen LogP contribution is -1.99. The molecule has 0 aliphatic rings. The van der Waals surface area contributed by atoms with Gasteiger partial charge in [0.05, 0.1) is 16.7 Å².